The highest BCUT2D eigenvalue weighted by molar-refractivity contribution is 5.77. The van der Waals surface area contributed by atoms with Crippen molar-refractivity contribution in [2.75, 3.05) is 26.7 Å². The average molecular weight is 409 g/mol. The van der Waals surface area contributed by atoms with Crippen molar-refractivity contribution in [3.63, 3.8) is 0 Å². The predicted molar refractivity (Wildman–Crippen MR) is 117 cm³/mol. The molecule has 1 aliphatic rings. The summed E-state index contributed by atoms with van der Waals surface area (Å²) >= 11 is 0. The zero-order valence-electron chi connectivity index (χ0n) is 17.9. The molecule has 3 rings (SSSR count). The van der Waals surface area contributed by atoms with Crippen LogP contribution in [0.5, 0.6) is 0 Å². The summed E-state index contributed by atoms with van der Waals surface area (Å²) in [4.78, 5) is 37.3. The van der Waals surface area contributed by atoms with E-state index in [-0.39, 0.29) is 11.8 Å². The number of likely N-dealkylation sites (tertiary alicyclic amines) is 1. The van der Waals surface area contributed by atoms with E-state index in [4.69, 9.17) is 0 Å². The smallest absolute Gasteiger partial charge is 0.222 e. The molecule has 3 heterocycles. The molecule has 0 bridgehead atoms. The molecule has 0 aliphatic carbocycles. The van der Waals surface area contributed by atoms with Crippen molar-refractivity contribution >= 4 is 11.8 Å². The van der Waals surface area contributed by atoms with Crippen LogP contribution >= 0.6 is 0 Å². The molecule has 2 amide bonds. The lowest BCUT2D eigenvalue weighted by Crippen LogP contribution is -2.40. The molecule has 0 aromatic carbocycles. The number of aryl methyl sites for hydroxylation is 1. The highest BCUT2D eigenvalue weighted by Gasteiger charge is 2.24. The highest BCUT2D eigenvalue weighted by Crippen LogP contribution is 2.22. The number of pyridine rings is 2. The van der Waals surface area contributed by atoms with Crippen LogP contribution in [-0.4, -0.2) is 58.3 Å². The summed E-state index contributed by atoms with van der Waals surface area (Å²) in [6, 6.07) is 9.77. The van der Waals surface area contributed by atoms with Crippen LogP contribution in [0.25, 0.3) is 0 Å². The van der Waals surface area contributed by atoms with E-state index >= 15 is 0 Å². The van der Waals surface area contributed by atoms with Gasteiger partial charge in [-0.2, -0.15) is 0 Å². The van der Waals surface area contributed by atoms with Gasteiger partial charge >= 0.3 is 0 Å². The van der Waals surface area contributed by atoms with Crippen LogP contribution in [0.4, 0.5) is 0 Å². The molecule has 0 saturated carbocycles. The Labute approximate surface area is 179 Å². The quantitative estimate of drug-likeness (QED) is 0.639. The highest BCUT2D eigenvalue weighted by atomic mass is 16.2. The van der Waals surface area contributed by atoms with E-state index in [0.717, 1.165) is 56.5 Å². The largest absolute Gasteiger partial charge is 0.345 e. The Morgan fingerprint density at radius 2 is 2.03 bits per heavy atom. The van der Waals surface area contributed by atoms with E-state index in [9.17, 15) is 9.59 Å². The van der Waals surface area contributed by atoms with E-state index in [1.54, 1.807) is 17.3 Å². The Morgan fingerprint density at radius 1 is 1.13 bits per heavy atom. The van der Waals surface area contributed by atoms with Gasteiger partial charge in [0.2, 0.25) is 11.8 Å². The van der Waals surface area contributed by atoms with Gasteiger partial charge in [0.1, 0.15) is 0 Å². The molecule has 1 fully saturated rings. The van der Waals surface area contributed by atoms with Gasteiger partial charge in [-0.25, -0.2) is 0 Å². The molecule has 1 unspecified atom stereocenters. The van der Waals surface area contributed by atoms with Crippen molar-refractivity contribution < 1.29 is 9.59 Å². The number of carbonyl (C=O) groups is 2. The number of amides is 2. The summed E-state index contributed by atoms with van der Waals surface area (Å²) in [5, 5.41) is 0. The summed E-state index contributed by atoms with van der Waals surface area (Å²) in [5.41, 5.74) is 2.10. The second kappa shape index (κ2) is 11.4. The normalized spacial score (nSPS) is 16.3. The molecular formula is C24H32N4O2. The van der Waals surface area contributed by atoms with Gasteiger partial charge in [-0.15, -0.1) is 0 Å². The van der Waals surface area contributed by atoms with Crippen LogP contribution in [0.1, 0.15) is 43.4 Å². The molecule has 2 aromatic rings. The fourth-order valence-electron chi connectivity index (χ4n) is 3.95. The van der Waals surface area contributed by atoms with E-state index in [0.29, 0.717) is 25.3 Å². The number of piperidine rings is 1. The maximum Gasteiger partial charge on any atom is 0.222 e. The monoisotopic (exact) mass is 408 g/mol. The molecule has 30 heavy (non-hydrogen) atoms. The number of rotatable bonds is 9. The second-order valence-electron chi connectivity index (χ2n) is 8.13. The topological polar surface area (TPSA) is 66.4 Å². The first-order valence-corrected chi connectivity index (χ1v) is 10.9. The molecule has 0 N–H and O–H groups in total. The summed E-state index contributed by atoms with van der Waals surface area (Å²) in [6.45, 7) is 2.29. The number of likely N-dealkylation sites (N-methyl/N-ethyl adjacent to an activating group) is 1. The summed E-state index contributed by atoms with van der Waals surface area (Å²) in [7, 11) is 1.86. The maximum atomic E-state index is 12.6. The third-order valence-electron chi connectivity index (χ3n) is 5.84. The third kappa shape index (κ3) is 6.94. The van der Waals surface area contributed by atoms with E-state index in [1.807, 2.05) is 48.5 Å². The number of aromatic nitrogens is 2. The minimum atomic E-state index is 0.172. The van der Waals surface area contributed by atoms with E-state index < -0.39 is 0 Å². The fourth-order valence-corrected chi connectivity index (χ4v) is 3.95. The third-order valence-corrected chi connectivity index (χ3v) is 5.84. The zero-order valence-corrected chi connectivity index (χ0v) is 17.9. The van der Waals surface area contributed by atoms with Crippen molar-refractivity contribution in [2.45, 2.75) is 44.9 Å². The number of carbonyl (C=O) groups excluding carboxylic acids is 2. The first kappa shape index (κ1) is 21.9. The van der Waals surface area contributed by atoms with Gasteiger partial charge in [-0.3, -0.25) is 19.6 Å². The molecular weight excluding hydrogens is 376 g/mol. The Bertz CT molecular complexity index is 797. The minimum Gasteiger partial charge on any atom is -0.345 e. The Morgan fingerprint density at radius 3 is 2.80 bits per heavy atom. The predicted octanol–water partition coefficient (Wildman–Crippen LogP) is 3.13. The van der Waals surface area contributed by atoms with Crippen molar-refractivity contribution in [1.82, 2.24) is 19.8 Å². The van der Waals surface area contributed by atoms with Gasteiger partial charge in [0.05, 0.1) is 0 Å². The number of hydrogen-bond donors (Lipinski definition) is 0. The summed E-state index contributed by atoms with van der Waals surface area (Å²) in [5.74, 6) is 0.794. The molecule has 2 aromatic heterocycles. The Balaban J connectivity index is 1.37. The van der Waals surface area contributed by atoms with Crippen LogP contribution in [-0.2, 0) is 22.4 Å². The van der Waals surface area contributed by atoms with Crippen LogP contribution in [0.2, 0.25) is 0 Å². The van der Waals surface area contributed by atoms with Crippen LogP contribution in [0.3, 0.4) is 0 Å². The second-order valence-corrected chi connectivity index (χ2v) is 8.13. The first-order valence-electron chi connectivity index (χ1n) is 10.9. The Hall–Kier alpha value is -2.76. The van der Waals surface area contributed by atoms with Crippen molar-refractivity contribution in [1.29, 1.82) is 0 Å². The van der Waals surface area contributed by atoms with Gasteiger partial charge in [0.25, 0.3) is 0 Å². The number of nitrogens with zero attached hydrogens (tertiary/aromatic N) is 4. The lowest BCUT2D eigenvalue weighted by atomic mass is 9.92. The molecule has 6 nitrogen and oxygen atoms in total. The molecule has 1 saturated heterocycles. The molecule has 1 aliphatic heterocycles. The van der Waals surface area contributed by atoms with Gasteiger partial charge in [-0.1, -0.05) is 12.1 Å². The lowest BCUT2D eigenvalue weighted by molar-refractivity contribution is -0.133. The zero-order chi connectivity index (χ0) is 21.2. The summed E-state index contributed by atoms with van der Waals surface area (Å²) in [6.07, 6.45) is 10.9. The summed E-state index contributed by atoms with van der Waals surface area (Å²) < 4.78 is 0. The van der Waals surface area contributed by atoms with Gasteiger partial charge in [-0.05, 0) is 55.4 Å². The Kier molecular flexibility index (Phi) is 8.36. The van der Waals surface area contributed by atoms with Gasteiger partial charge in [0, 0.05) is 70.2 Å². The van der Waals surface area contributed by atoms with Crippen molar-refractivity contribution in [2.24, 2.45) is 5.92 Å². The van der Waals surface area contributed by atoms with Crippen LogP contribution < -0.4 is 0 Å². The van der Waals surface area contributed by atoms with Gasteiger partial charge in [0.15, 0.2) is 0 Å². The van der Waals surface area contributed by atoms with E-state index in [1.165, 1.54) is 0 Å². The minimum absolute atomic E-state index is 0.172. The lowest BCUT2D eigenvalue weighted by Gasteiger charge is -2.33. The van der Waals surface area contributed by atoms with Crippen molar-refractivity contribution in [3.05, 3.63) is 60.2 Å². The fraction of sp³-hybridized carbons (Fsp3) is 0.500. The standard InChI is InChI=1S/C24H32N4O2/c1-27(17-13-22-8-2-3-15-26-22)23(29)11-10-21-7-5-16-28(19-21)24(30)12-9-20-6-4-14-25-18-20/h2-4,6,8,14-15,18,21H,5,7,9-13,16-17,19H2,1H3. The number of hydrogen-bond acceptors (Lipinski definition) is 4. The first-order chi connectivity index (χ1) is 14.6. The molecule has 0 spiro atoms. The molecule has 0 radical (unpaired) electrons. The molecule has 1 atom stereocenters. The SMILES string of the molecule is CN(CCc1ccccn1)C(=O)CCC1CCCN(C(=O)CCc2cccnc2)C1. The van der Waals surface area contributed by atoms with Crippen molar-refractivity contribution in [3.8, 4) is 0 Å². The average Bonchev–Trinajstić information content (AvgIpc) is 2.81. The maximum absolute atomic E-state index is 12.6. The van der Waals surface area contributed by atoms with E-state index in [2.05, 4.69) is 9.97 Å². The van der Waals surface area contributed by atoms with Gasteiger partial charge < -0.3 is 9.80 Å². The van der Waals surface area contributed by atoms with Crippen LogP contribution in [0.15, 0.2) is 48.9 Å². The molecule has 160 valence electrons. The molecule has 6 heteroatoms. The van der Waals surface area contributed by atoms with Crippen LogP contribution in [0, 0.1) is 5.92 Å².